The van der Waals surface area contributed by atoms with E-state index in [0.717, 1.165) is 36.7 Å². The predicted molar refractivity (Wildman–Crippen MR) is 65.5 cm³/mol. The van der Waals surface area contributed by atoms with Crippen LogP contribution in [-0.4, -0.2) is 16.5 Å². The fourth-order valence-electron chi connectivity index (χ4n) is 1.55. The highest BCUT2D eigenvalue weighted by atomic mass is 16.4. The van der Waals surface area contributed by atoms with Crippen LogP contribution < -0.4 is 5.32 Å². The first-order valence-electron chi connectivity index (χ1n) is 5.92. The summed E-state index contributed by atoms with van der Waals surface area (Å²) in [5, 5.41) is 3.29. The van der Waals surface area contributed by atoms with Crippen molar-refractivity contribution < 1.29 is 4.42 Å². The predicted octanol–water partition coefficient (Wildman–Crippen LogP) is 1.96. The van der Waals surface area contributed by atoms with Crippen molar-refractivity contribution in [2.45, 2.75) is 26.3 Å². The molecule has 4 nitrogen and oxygen atoms in total. The van der Waals surface area contributed by atoms with Gasteiger partial charge in [-0.15, -0.1) is 0 Å². The smallest absolute Gasteiger partial charge is 0.208 e. The maximum Gasteiger partial charge on any atom is 0.208 e. The van der Waals surface area contributed by atoms with Crippen LogP contribution in [0.5, 0.6) is 0 Å². The lowest BCUT2D eigenvalue weighted by Gasteiger charge is -2.01. The summed E-state index contributed by atoms with van der Waals surface area (Å²) in [6.07, 6.45) is 5.41. The molecule has 0 unspecified atom stereocenters. The summed E-state index contributed by atoms with van der Waals surface area (Å²) in [4.78, 5) is 8.45. The quantitative estimate of drug-likeness (QED) is 0.772. The van der Waals surface area contributed by atoms with Crippen LogP contribution in [0.2, 0.25) is 0 Å². The van der Waals surface area contributed by atoms with Crippen LogP contribution >= 0.6 is 0 Å². The van der Waals surface area contributed by atoms with Crippen molar-refractivity contribution in [2.75, 3.05) is 6.54 Å². The Morgan fingerprint density at radius 2 is 2.24 bits per heavy atom. The second kappa shape index (κ2) is 6.15. The molecular formula is C13H17N3O. The summed E-state index contributed by atoms with van der Waals surface area (Å²) in [5.74, 6) is 1.69. The molecule has 2 rings (SSSR count). The van der Waals surface area contributed by atoms with E-state index in [1.54, 1.807) is 6.20 Å². The molecule has 0 aliphatic carbocycles. The van der Waals surface area contributed by atoms with Gasteiger partial charge in [0.25, 0.3) is 0 Å². The Morgan fingerprint density at radius 1 is 1.29 bits per heavy atom. The van der Waals surface area contributed by atoms with Crippen molar-refractivity contribution in [2.24, 2.45) is 0 Å². The number of pyridine rings is 1. The lowest BCUT2D eigenvalue weighted by Crippen LogP contribution is -2.17. The van der Waals surface area contributed by atoms with E-state index in [0.29, 0.717) is 6.54 Å². The normalized spacial score (nSPS) is 10.6. The molecule has 2 aromatic heterocycles. The van der Waals surface area contributed by atoms with Gasteiger partial charge < -0.3 is 9.73 Å². The second-order valence-electron chi connectivity index (χ2n) is 3.82. The Hall–Kier alpha value is -1.68. The standard InChI is InChI=1S/C13H17N3O/c1-2-12-9-16-13(17-12)10-14-8-6-11-5-3-4-7-15-11/h3-5,7,9,14H,2,6,8,10H2,1H3. The molecule has 4 heteroatoms. The molecule has 0 amide bonds. The summed E-state index contributed by atoms with van der Waals surface area (Å²) in [5.41, 5.74) is 1.10. The molecule has 17 heavy (non-hydrogen) atoms. The van der Waals surface area contributed by atoms with E-state index in [4.69, 9.17) is 4.42 Å². The number of aromatic nitrogens is 2. The Kier molecular flexibility index (Phi) is 4.27. The van der Waals surface area contributed by atoms with Gasteiger partial charge in [0.1, 0.15) is 5.76 Å². The number of oxazole rings is 1. The molecule has 2 heterocycles. The van der Waals surface area contributed by atoms with Gasteiger partial charge in [0, 0.05) is 31.3 Å². The molecule has 0 aromatic carbocycles. The van der Waals surface area contributed by atoms with E-state index < -0.39 is 0 Å². The molecule has 0 aliphatic heterocycles. The second-order valence-corrected chi connectivity index (χ2v) is 3.82. The molecule has 0 radical (unpaired) electrons. The minimum absolute atomic E-state index is 0.673. The highest BCUT2D eigenvalue weighted by Gasteiger charge is 2.01. The highest BCUT2D eigenvalue weighted by molar-refractivity contribution is 5.03. The Balaban J connectivity index is 1.69. The van der Waals surface area contributed by atoms with E-state index in [9.17, 15) is 0 Å². The van der Waals surface area contributed by atoms with Gasteiger partial charge in [-0.05, 0) is 12.1 Å². The molecule has 0 saturated carbocycles. The molecular weight excluding hydrogens is 214 g/mol. The van der Waals surface area contributed by atoms with E-state index in [-0.39, 0.29) is 0 Å². The van der Waals surface area contributed by atoms with E-state index in [1.165, 1.54) is 0 Å². The monoisotopic (exact) mass is 231 g/mol. The van der Waals surface area contributed by atoms with Crippen LogP contribution in [-0.2, 0) is 19.4 Å². The van der Waals surface area contributed by atoms with Gasteiger partial charge in [-0.1, -0.05) is 13.0 Å². The fourth-order valence-corrected chi connectivity index (χ4v) is 1.55. The van der Waals surface area contributed by atoms with Crippen molar-refractivity contribution in [3.63, 3.8) is 0 Å². The zero-order valence-electron chi connectivity index (χ0n) is 10.0. The molecule has 0 atom stereocenters. The zero-order chi connectivity index (χ0) is 11.9. The number of nitrogens with zero attached hydrogens (tertiary/aromatic N) is 2. The number of rotatable bonds is 6. The SMILES string of the molecule is CCc1cnc(CNCCc2ccccn2)o1. The van der Waals surface area contributed by atoms with Crippen molar-refractivity contribution in [3.05, 3.63) is 47.9 Å². The molecule has 0 aliphatic rings. The molecule has 90 valence electrons. The number of aryl methyl sites for hydroxylation is 1. The Bertz CT molecular complexity index is 439. The minimum atomic E-state index is 0.673. The van der Waals surface area contributed by atoms with Gasteiger partial charge >= 0.3 is 0 Å². The van der Waals surface area contributed by atoms with E-state index in [2.05, 4.69) is 22.2 Å². The van der Waals surface area contributed by atoms with Gasteiger partial charge in [-0.25, -0.2) is 4.98 Å². The first-order valence-corrected chi connectivity index (χ1v) is 5.92. The third kappa shape index (κ3) is 3.67. The van der Waals surface area contributed by atoms with Crippen molar-refractivity contribution in [3.8, 4) is 0 Å². The van der Waals surface area contributed by atoms with Gasteiger partial charge in [-0.3, -0.25) is 4.98 Å². The lowest BCUT2D eigenvalue weighted by atomic mass is 10.3. The van der Waals surface area contributed by atoms with Gasteiger partial charge in [0.05, 0.1) is 12.7 Å². The van der Waals surface area contributed by atoms with Crippen molar-refractivity contribution in [1.29, 1.82) is 0 Å². The summed E-state index contributed by atoms with van der Waals surface area (Å²) >= 11 is 0. The Morgan fingerprint density at radius 3 is 2.94 bits per heavy atom. The molecule has 0 saturated heterocycles. The van der Waals surface area contributed by atoms with Crippen molar-refractivity contribution >= 4 is 0 Å². The van der Waals surface area contributed by atoms with Crippen LogP contribution in [0.25, 0.3) is 0 Å². The summed E-state index contributed by atoms with van der Waals surface area (Å²) in [6, 6.07) is 5.96. The lowest BCUT2D eigenvalue weighted by molar-refractivity contribution is 0.440. The summed E-state index contributed by atoms with van der Waals surface area (Å²) in [6.45, 7) is 3.60. The minimum Gasteiger partial charge on any atom is -0.444 e. The topological polar surface area (TPSA) is 51.0 Å². The van der Waals surface area contributed by atoms with Crippen LogP contribution in [0.1, 0.15) is 24.3 Å². The van der Waals surface area contributed by atoms with Crippen molar-refractivity contribution in [1.82, 2.24) is 15.3 Å². The van der Waals surface area contributed by atoms with Gasteiger partial charge in [0.15, 0.2) is 0 Å². The summed E-state index contributed by atoms with van der Waals surface area (Å²) < 4.78 is 5.50. The third-order valence-electron chi connectivity index (χ3n) is 2.51. The Labute approximate surface area is 101 Å². The summed E-state index contributed by atoms with van der Waals surface area (Å²) in [7, 11) is 0. The first kappa shape index (κ1) is 11.8. The molecule has 0 spiro atoms. The average Bonchev–Trinajstić information content (AvgIpc) is 2.84. The number of hydrogen-bond donors (Lipinski definition) is 1. The van der Waals surface area contributed by atoms with Crippen LogP contribution in [0.3, 0.4) is 0 Å². The maximum atomic E-state index is 5.50. The van der Waals surface area contributed by atoms with Crippen LogP contribution in [0.4, 0.5) is 0 Å². The van der Waals surface area contributed by atoms with E-state index >= 15 is 0 Å². The maximum absolute atomic E-state index is 5.50. The third-order valence-corrected chi connectivity index (χ3v) is 2.51. The molecule has 0 fully saturated rings. The average molecular weight is 231 g/mol. The highest BCUT2D eigenvalue weighted by Crippen LogP contribution is 2.03. The number of nitrogens with one attached hydrogen (secondary N) is 1. The number of hydrogen-bond acceptors (Lipinski definition) is 4. The van der Waals surface area contributed by atoms with Crippen LogP contribution in [0.15, 0.2) is 35.0 Å². The van der Waals surface area contributed by atoms with Gasteiger partial charge in [-0.2, -0.15) is 0 Å². The molecule has 2 aromatic rings. The fraction of sp³-hybridized carbons (Fsp3) is 0.385. The van der Waals surface area contributed by atoms with Crippen LogP contribution in [0, 0.1) is 0 Å². The van der Waals surface area contributed by atoms with E-state index in [1.807, 2.05) is 24.4 Å². The zero-order valence-corrected chi connectivity index (χ0v) is 10.0. The van der Waals surface area contributed by atoms with Gasteiger partial charge in [0.2, 0.25) is 5.89 Å². The largest absolute Gasteiger partial charge is 0.444 e. The first-order chi connectivity index (χ1) is 8.38. The molecule has 0 bridgehead atoms. The molecule has 1 N–H and O–H groups in total.